The lowest BCUT2D eigenvalue weighted by Crippen LogP contribution is -2.14. The first-order chi connectivity index (χ1) is 12.5. The smallest absolute Gasteiger partial charge is 0.303 e. The molecule has 1 aliphatic carbocycles. The molecule has 0 saturated carbocycles. The van der Waals surface area contributed by atoms with Crippen molar-refractivity contribution in [1.29, 1.82) is 0 Å². The normalized spacial score (nSPS) is 21.8. The summed E-state index contributed by atoms with van der Waals surface area (Å²) in [4.78, 5) is 22.3. The Balaban J connectivity index is 2.27. The third kappa shape index (κ3) is 9.33. The molecule has 0 spiro atoms. The van der Waals surface area contributed by atoms with Crippen LogP contribution in [0, 0.1) is 11.8 Å². The zero-order valence-corrected chi connectivity index (χ0v) is 15.5. The second kappa shape index (κ2) is 13.1. The zero-order valence-electron chi connectivity index (χ0n) is 15.5. The summed E-state index contributed by atoms with van der Waals surface area (Å²) in [6, 6.07) is 0. The van der Waals surface area contributed by atoms with E-state index < -0.39 is 12.1 Å². The highest BCUT2D eigenvalue weighted by atomic mass is 16.4. The molecular weight excluding hydrogens is 328 g/mol. The molecule has 0 radical (unpaired) electrons. The SMILES string of the molecule is CC[C@@H](O)/C=C/[C@@H]1C=CC(=O)[C@@H]1C/C=C\C/C=C\C/C=C\CCC(=O)O. The van der Waals surface area contributed by atoms with Crippen LogP contribution in [0.2, 0.25) is 0 Å². The van der Waals surface area contributed by atoms with E-state index in [0.717, 1.165) is 12.8 Å². The van der Waals surface area contributed by atoms with Gasteiger partial charge in [0.2, 0.25) is 0 Å². The lowest BCUT2D eigenvalue weighted by molar-refractivity contribution is -0.136. The van der Waals surface area contributed by atoms with Gasteiger partial charge < -0.3 is 10.2 Å². The third-order valence-corrected chi connectivity index (χ3v) is 4.25. The first-order valence-electron chi connectivity index (χ1n) is 9.29. The molecular formula is C22H30O4. The Hall–Kier alpha value is -2.20. The van der Waals surface area contributed by atoms with Crippen LogP contribution in [-0.4, -0.2) is 28.1 Å². The predicted octanol–water partition coefficient (Wildman–Crippen LogP) is 4.39. The van der Waals surface area contributed by atoms with Gasteiger partial charge in [-0.2, -0.15) is 0 Å². The maximum absolute atomic E-state index is 12.0. The number of hydrogen-bond donors (Lipinski definition) is 2. The average Bonchev–Trinajstić information content (AvgIpc) is 2.97. The number of ketones is 1. The molecule has 0 saturated heterocycles. The topological polar surface area (TPSA) is 74.6 Å². The fraction of sp³-hybridized carbons (Fsp3) is 0.455. The van der Waals surface area contributed by atoms with Crippen molar-refractivity contribution in [1.82, 2.24) is 0 Å². The maximum atomic E-state index is 12.0. The van der Waals surface area contributed by atoms with Crippen LogP contribution in [0.1, 0.15) is 45.4 Å². The average molecular weight is 358 g/mol. The first-order valence-corrected chi connectivity index (χ1v) is 9.29. The molecule has 0 fully saturated rings. The Morgan fingerprint density at radius 1 is 1.15 bits per heavy atom. The lowest BCUT2D eigenvalue weighted by Gasteiger charge is -2.13. The molecule has 0 aromatic heterocycles. The maximum Gasteiger partial charge on any atom is 0.303 e. The van der Waals surface area contributed by atoms with Crippen LogP contribution in [0.4, 0.5) is 0 Å². The molecule has 142 valence electrons. The molecule has 0 aliphatic heterocycles. The quantitative estimate of drug-likeness (QED) is 0.507. The van der Waals surface area contributed by atoms with Gasteiger partial charge in [-0.05, 0) is 38.2 Å². The van der Waals surface area contributed by atoms with Crippen LogP contribution in [-0.2, 0) is 9.59 Å². The standard InChI is InChI=1S/C22H30O4/c1-2-19(23)16-14-18-15-17-21(24)20(18)12-10-8-6-4-3-5-7-9-11-13-22(25)26/h3-4,7-10,14-20,23H,2,5-6,11-13H2,1H3,(H,25,26)/b4-3-,9-7-,10-8-,16-14+/t18-,19-,20-/m1/s1. The minimum Gasteiger partial charge on any atom is -0.481 e. The Morgan fingerprint density at radius 3 is 2.46 bits per heavy atom. The summed E-state index contributed by atoms with van der Waals surface area (Å²) >= 11 is 0. The van der Waals surface area contributed by atoms with E-state index in [1.165, 1.54) is 0 Å². The number of carboxylic acids is 1. The fourth-order valence-corrected chi connectivity index (χ4v) is 2.63. The molecule has 0 heterocycles. The molecule has 0 aromatic rings. The van der Waals surface area contributed by atoms with Crippen molar-refractivity contribution >= 4 is 11.8 Å². The molecule has 4 heteroatoms. The largest absolute Gasteiger partial charge is 0.481 e. The first kappa shape index (κ1) is 21.8. The van der Waals surface area contributed by atoms with E-state index in [1.54, 1.807) is 12.2 Å². The number of aliphatic hydroxyl groups is 1. The van der Waals surface area contributed by atoms with Crippen molar-refractivity contribution in [3.63, 3.8) is 0 Å². The van der Waals surface area contributed by atoms with E-state index in [-0.39, 0.29) is 24.0 Å². The Labute approximate surface area is 156 Å². The Kier molecular flexibility index (Phi) is 11.0. The van der Waals surface area contributed by atoms with Crippen molar-refractivity contribution in [3.8, 4) is 0 Å². The summed E-state index contributed by atoms with van der Waals surface area (Å²) in [6.07, 6.45) is 22.6. The Bertz CT molecular complexity index is 581. The van der Waals surface area contributed by atoms with Crippen LogP contribution >= 0.6 is 0 Å². The summed E-state index contributed by atoms with van der Waals surface area (Å²) in [5.74, 6) is -0.615. The minimum absolute atomic E-state index is 0.0623. The summed E-state index contributed by atoms with van der Waals surface area (Å²) < 4.78 is 0. The van der Waals surface area contributed by atoms with Gasteiger partial charge in [-0.15, -0.1) is 0 Å². The fourth-order valence-electron chi connectivity index (χ4n) is 2.63. The molecule has 0 unspecified atom stereocenters. The molecule has 2 N–H and O–H groups in total. The van der Waals surface area contributed by atoms with Crippen LogP contribution in [0.15, 0.2) is 60.8 Å². The summed E-state index contributed by atoms with van der Waals surface area (Å²) in [5.41, 5.74) is 0. The number of carboxylic acid groups (broad SMARTS) is 1. The second-order valence-corrected chi connectivity index (χ2v) is 6.36. The van der Waals surface area contributed by atoms with Crippen molar-refractivity contribution in [2.75, 3.05) is 0 Å². The van der Waals surface area contributed by atoms with E-state index >= 15 is 0 Å². The molecule has 0 bridgehead atoms. The van der Waals surface area contributed by atoms with E-state index in [0.29, 0.717) is 19.3 Å². The van der Waals surface area contributed by atoms with Gasteiger partial charge in [-0.3, -0.25) is 9.59 Å². The van der Waals surface area contributed by atoms with Crippen LogP contribution in [0.3, 0.4) is 0 Å². The molecule has 1 rings (SSSR count). The highest BCUT2D eigenvalue weighted by Gasteiger charge is 2.26. The van der Waals surface area contributed by atoms with Gasteiger partial charge in [-0.1, -0.05) is 61.6 Å². The van der Waals surface area contributed by atoms with E-state index in [1.807, 2.05) is 43.4 Å². The van der Waals surface area contributed by atoms with E-state index in [4.69, 9.17) is 5.11 Å². The number of hydrogen-bond acceptors (Lipinski definition) is 3. The van der Waals surface area contributed by atoms with Crippen LogP contribution in [0.5, 0.6) is 0 Å². The monoisotopic (exact) mass is 358 g/mol. The molecule has 0 amide bonds. The van der Waals surface area contributed by atoms with Crippen molar-refractivity contribution < 1.29 is 19.8 Å². The van der Waals surface area contributed by atoms with Gasteiger partial charge in [0, 0.05) is 18.3 Å². The van der Waals surface area contributed by atoms with Gasteiger partial charge in [0.15, 0.2) is 5.78 Å². The third-order valence-electron chi connectivity index (χ3n) is 4.25. The number of aliphatic carboxylic acids is 1. The number of aliphatic hydroxyl groups excluding tert-OH is 1. The number of carbonyl (C=O) groups is 2. The van der Waals surface area contributed by atoms with Gasteiger partial charge in [0.25, 0.3) is 0 Å². The second-order valence-electron chi connectivity index (χ2n) is 6.36. The molecule has 0 aromatic carbocycles. The van der Waals surface area contributed by atoms with Crippen molar-refractivity contribution in [2.24, 2.45) is 11.8 Å². The molecule has 1 aliphatic rings. The van der Waals surface area contributed by atoms with Gasteiger partial charge in [0.1, 0.15) is 0 Å². The van der Waals surface area contributed by atoms with Gasteiger partial charge in [-0.25, -0.2) is 0 Å². The number of allylic oxidation sites excluding steroid dienone is 9. The van der Waals surface area contributed by atoms with Gasteiger partial charge in [0.05, 0.1) is 6.10 Å². The highest BCUT2D eigenvalue weighted by Crippen LogP contribution is 2.27. The summed E-state index contributed by atoms with van der Waals surface area (Å²) in [6.45, 7) is 1.92. The summed E-state index contributed by atoms with van der Waals surface area (Å²) in [7, 11) is 0. The van der Waals surface area contributed by atoms with Crippen LogP contribution in [0.25, 0.3) is 0 Å². The highest BCUT2D eigenvalue weighted by molar-refractivity contribution is 5.95. The van der Waals surface area contributed by atoms with Crippen molar-refractivity contribution in [2.45, 2.75) is 51.6 Å². The molecule has 3 atom stereocenters. The zero-order chi connectivity index (χ0) is 19.2. The van der Waals surface area contributed by atoms with Gasteiger partial charge >= 0.3 is 5.97 Å². The van der Waals surface area contributed by atoms with E-state index in [2.05, 4.69) is 12.2 Å². The molecule has 4 nitrogen and oxygen atoms in total. The minimum atomic E-state index is -0.773. The Morgan fingerprint density at radius 2 is 1.81 bits per heavy atom. The number of rotatable bonds is 12. The summed E-state index contributed by atoms with van der Waals surface area (Å²) in [5, 5.41) is 18.1. The predicted molar refractivity (Wildman–Crippen MR) is 105 cm³/mol. The lowest BCUT2D eigenvalue weighted by atomic mass is 9.90. The number of carbonyl (C=O) groups excluding carboxylic acids is 1. The van der Waals surface area contributed by atoms with E-state index in [9.17, 15) is 14.7 Å². The van der Waals surface area contributed by atoms with Crippen molar-refractivity contribution in [3.05, 3.63) is 60.8 Å². The molecule has 26 heavy (non-hydrogen) atoms. The van der Waals surface area contributed by atoms with Crippen LogP contribution < -0.4 is 0 Å².